The van der Waals surface area contributed by atoms with Gasteiger partial charge in [0.15, 0.2) is 0 Å². The smallest absolute Gasteiger partial charge is 0.226 e. The molecule has 1 N–H and O–H groups in total. The number of nitrogens with zero attached hydrogens (tertiary/aromatic N) is 6. The Hall–Kier alpha value is -1.99. The van der Waals surface area contributed by atoms with E-state index in [0.29, 0.717) is 0 Å². The first-order valence-electron chi connectivity index (χ1n) is 9.83. The number of piperazine rings is 1. The topological polar surface area (TPSA) is 62.1 Å². The molecule has 1 aliphatic rings. The minimum absolute atomic E-state index is 0.281. The molecule has 2 aromatic heterocycles. The van der Waals surface area contributed by atoms with Crippen molar-refractivity contribution in [2.24, 2.45) is 0 Å². The van der Waals surface area contributed by atoms with E-state index in [1.165, 1.54) is 19.3 Å². The fourth-order valence-corrected chi connectivity index (χ4v) is 3.38. The maximum absolute atomic E-state index is 4.46. The average Bonchev–Trinajstić information content (AvgIpc) is 3.20. The van der Waals surface area contributed by atoms with E-state index in [1.54, 1.807) is 0 Å². The lowest BCUT2D eigenvalue weighted by molar-refractivity contribution is 0.199. The Balaban J connectivity index is 1.49. The van der Waals surface area contributed by atoms with E-state index in [0.717, 1.165) is 51.6 Å². The summed E-state index contributed by atoms with van der Waals surface area (Å²) in [6.45, 7) is 8.45. The molecule has 1 saturated heterocycles. The maximum Gasteiger partial charge on any atom is 0.226 e. The molecular weight excluding hydrogens is 326 g/mol. The number of rotatable bonds is 10. The fraction of sp³-hybridized carbons (Fsp3) is 0.632. The van der Waals surface area contributed by atoms with Crippen LogP contribution in [0.3, 0.4) is 0 Å². The Bertz CT molecular complexity index is 602. The molecular formula is C19H31N7. The van der Waals surface area contributed by atoms with E-state index in [2.05, 4.69) is 37.1 Å². The summed E-state index contributed by atoms with van der Waals surface area (Å²) in [7, 11) is 0. The summed E-state index contributed by atoms with van der Waals surface area (Å²) in [6, 6.07) is 3.86. The lowest BCUT2D eigenvalue weighted by Gasteiger charge is -2.42. The average molecular weight is 358 g/mol. The Morgan fingerprint density at radius 3 is 2.65 bits per heavy atom. The SMILES string of the molecule is CCCCNC1CN(CCCCn2cccn2)CCN1c1ncccn1. The van der Waals surface area contributed by atoms with Crippen molar-refractivity contribution in [3.8, 4) is 0 Å². The van der Waals surface area contributed by atoms with Crippen LogP contribution in [0.5, 0.6) is 0 Å². The van der Waals surface area contributed by atoms with E-state index in [-0.39, 0.29) is 6.17 Å². The highest BCUT2D eigenvalue weighted by molar-refractivity contribution is 5.31. The largest absolute Gasteiger partial charge is 0.323 e. The summed E-state index contributed by atoms with van der Waals surface area (Å²) in [6.07, 6.45) is 12.6. The van der Waals surface area contributed by atoms with Crippen molar-refractivity contribution in [3.05, 3.63) is 36.9 Å². The summed E-state index contributed by atoms with van der Waals surface area (Å²) in [5.74, 6) is 0.833. The van der Waals surface area contributed by atoms with Crippen molar-refractivity contribution in [3.63, 3.8) is 0 Å². The van der Waals surface area contributed by atoms with Gasteiger partial charge in [0.2, 0.25) is 5.95 Å². The second kappa shape index (κ2) is 10.2. The molecule has 26 heavy (non-hydrogen) atoms. The third-order valence-corrected chi connectivity index (χ3v) is 4.85. The van der Waals surface area contributed by atoms with Gasteiger partial charge in [-0.15, -0.1) is 0 Å². The van der Waals surface area contributed by atoms with Crippen molar-refractivity contribution in [1.82, 2.24) is 30.0 Å². The van der Waals surface area contributed by atoms with Crippen LogP contribution in [-0.2, 0) is 6.54 Å². The van der Waals surface area contributed by atoms with Gasteiger partial charge in [-0.05, 0) is 44.5 Å². The minimum atomic E-state index is 0.281. The van der Waals surface area contributed by atoms with Crippen molar-refractivity contribution < 1.29 is 0 Å². The van der Waals surface area contributed by atoms with Gasteiger partial charge in [-0.3, -0.25) is 14.9 Å². The molecule has 0 radical (unpaired) electrons. The molecule has 0 spiro atoms. The van der Waals surface area contributed by atoms with Crippen molar-refractivity contribution >= 4 is 5.95 Å². The van der Waals surface area contributed by atoms with Gasteiger partial charge >= 0.3 is 0 Å². The highest BCUT2D eigenvalue weighted by atomic mass is 15.4. The number of nitrogens with one attached hydrogen (secondary N) is 1. The Morgan fingerprint density at radius 1 is 1.04 bits per heavy atom. The van der Waals surface area contributed by atoms with E-state index < -0.39 is 0 Å². The van der Waals surface area contributed by atoms with Crippen LogP contribution in [0, 0.1) is 0 Å². The first-order chi connectivity index (χ1) is 12.9. The van der Waals surface area contributed by atoms with Crippen LogP contribution in [0.15, 0.2) is 36.9 Å². The second-order valence-corrected chi connectivity index (χ2v) is 6.84. The zero-order chi connectivity index (χ0) is 18.0. The zero-order valence-electron chi connectivity index (χ0n) is 15.8. The van der Waals surface area contributed by atoms with Gasteiger partial charge in [0.25, 0.3) is 0 Å². The van der Waals surface area contributed by atoms with Crippen LogP contribution in [0.2, 0.25) is 0 Å². The molecule has 7 heteroatoms. The van der Waals surface area contributed by atoms with Gasteiger partial charge in [0.05, 0.1) is 6.17 Å². The molecule has 3 rings (SSSR count). The molecule has 2 aromatic rings. The van der Waals surface area contributed by atoms with Gasteiger partial charge in [0, 0.05) is 51.0 Å². The van der Waals surface area contributed by atoms with Crippen LogP contribution >= 0.6 is 0 Å². The number of aryl methyl sites for hydroxylation is 1. The van der Waals surface area contributed by atoms with Crippen molar-refractivity contribution in [2.45, 2.75) is 45.3 Å². The molecule has 0 saturated carbocycles. The molecule has 142 valence electrons. The monoisotopic (exact) mass is 357 g/mol. The molecule has 1 aliphatic heterocycles. The highest BCUT2D eigenvalue weighted by Gasteiger charge is 2.27. The molecule has 3 heterocycles. The normalized spacial score (nSPS) is 18.3. The zero-order valence-corrected chi connectivity index (χ0v) is 15.8. The van der Waals surface area contributed by atoms with Crippen LogP contribution in [0.1, 0.15) is 32.6 Å². The van der Waals surface area contributed by atoms with E-state index in [9.17, 15) is 0 Å². The molecule has 0 aliphatic carbocycles. The van der Waals surface area contributed by atoms with Crippen molar-refractivity contribution in [1.29, 1.82) is 0 Å². The van der Waals surface area contributed by atoms with Crippen LogP contribution in [-0.4, -0.2) is 63.5 Å². The number of anilines is 1. The van der Waals surface area contributed by atoms with E-state index >= 15 is 0 Å². The highest BCUT2D eigenvalue weighted by Crippen LogP contribution is 2.15. The molecule has 1 fully saturated rings. The third-order valence-electron chi connectivity index (χ3n) is 4.85. The number of hydrogen-bond donors (Lipinski definition) is 1. The Labute approximate surface area is 156 Å². The summed E-state index contributed by atoms with van der Waals surface area (Å²) in [4.78, 5) is 13.8. The molecule has 0 bridgehead atoms. The number of aromatic nitrogens is 4. The van der Waals surface area contributed by atoms with Crippen LogP contribution in [0.25, 0.3) is 0 Å². The first-order valence-corrected chi connectivity index (χ1v) is 9.83. The summed E-state index contributed by atoms with van der Waals surface area (Å²) >= 11 is 0. The summed E-state index contributed by atoms with van der Waals surface area (Å²) < 4.78 is 2.01. The van der Waals surface area contributed by atoms with E-state index in [4.69, 9.17) is 0 Å². The maximum atomic E-state index is 4.46. The van der Waals surface area contributed by atoms with Crippen LogP contribution < -0.4 is 10.2 Å². The van der Waals surface area contributed by atoms with Gasteiger partial charge in [0.1, 0.15) is 0 Å². The summed E-state index contributed by atoms with van der Waals surface area (Å²) in [5.41, 5.74) is 0. The second-order valence-electron chi connectivity index (χ2n) is 6.84. The fourth-order valence-electron chi connectivity index (χ4n) is 3.38. The van der Waals surface area contributed by atoms with Gasteiger partial charge in [-0.25, -0.2) is 9.97 Å². The van der Waals surface area contributed by atoms with Crippen LogP contribution in [0.4, 0.5) is 5.95 Å². The molecule has 1 atom stereocenters. The number of hydrogen-bond acceptors (Lipinski definition) is 6. The Kier molecular flexibility index (Phi) is 7.39. The quantitative estimate of drug-likeness (QED) is 0.656. The predicted octanol–water partition coefficient (Wildman–Crippen LogP) is 1.99. The lowest BCUT2D eigenvalue weighted by Crippen LogP contribution is -2.60. The molecule has 0 aromatic carbocycles. The van der Waals surface area contributed by atoms with E-state index in [1.807, 2.05) is 41.6 Å². The summed E-state index contributed by atoms with van der Waals surface area (Å²) in [5, 5.41) is 7.97. The predicted molar refractivity (Wildman–Crippen MR) is 104 cm³/mol. The Morgan fingerprint density at radius 2 is 1.88 bits per heavy atom. The van der Waals surface area contributed by atoms with Gasteiger partial charge < -0.3 is 4.90 Å². The molecule has 7 nitrogen and oxygen atoms in total. The van der Waals surface area contributed by atoms with Gasteiger partial charge in [-0.1, -0.05) is 13.3 Å². The lowest BCUT2D eigenvalue weighted by atomic mass is 10.2. The van der Waals surface area contributed by atoms with Crippen molar-refractivity contribution in [2.75, 3.05) is 37.6 Å². The molecule has 1 unspecified atom stereocenters. The standard InChI is InChI=1S/C19H31N7/c1-2-3-8-20-18-17-24(12-4-5-13-25-14-7-11-23-25)15-16-26(18)19-21-9-6-10-22-19/h6-7,9-11,14,18,20H,2-5,8,12-13,15-17H2,1H3. The molecule has 0 amide bonds. The third kappa shape index (κ3) is 5.51. The first kappa shape index (κ1) is 18.8. The number of unbranched alkanes of at least 4 members (excludes halogenated alkanes) is 2. The minimum Gasteiger partial charge on any atom is -0.323 e. The van der Waals surface area contributed by atoms with Gasteiger partial charge in [-0.2, -0.15) is 5.10 Å².